The van der Waals surface area contributed by atoms with Crippen molar-refractivity contribution in [2.75, 3.05) is 25.1 Å². The Kier molecular flexibility index (Phi) is 5.35. The number of hydrogen-bond donors (Lipinski definition) is 2. The Bertz CT molecular complexity index is 516. The summed E-state index contributed by atoms with van der Waals surface area (Å²) >= 11 is 5.84. The molecule has 2 N–H and O–H groups in total. The van der Waals surface area contributed by atoms with Crippen LogP contribution in [-0.4, -0.2) is 39.7 Å². The van der Waals surface area contributed by atoms with Gasteiger partial charge in [0.15, 0.2) is 11.5 Å². The molecule has 0 aliphatic rings. The summed E-state index contributed by atoms with van der Waals surface area (Å²) < 4.78 is 5.49. The molecule has 2 aromatic rings. The SMILES string of the molecule is CCCCOCCCNc1nc(Cl)nc2nc[nH]c12. The molecule has 0 fully saturated rings. The number of nitrogens with zero attached hydrogens (tertiary/aromatic N) is 3. The van der Waals surface area contributed by atoms with Crippen molar-refractivity contribution in [3.63, 3.8) is 0 Å². The van der Waals surface area contributed by atoms with Crippen molar-refractivity contribution in [2.45, 2.75) is 26.2 Å². The Balaban J connectivity index is 1.79. The topological polar surface area (TPSA) is 75.7 Å². The third-order valence-electron chi connectivity index (χ3n) is 2.66. The quantitative estimate of drug-likeness (QED) is 0.575. The minimum Gasteiger partial charge on any atom is -0.381 e. The van der Waals surface area contributed by atoms with Gasteiger partial charge in [0.05, 0.1) is 6.33 Å². The van der Waals surface area contributed by atoms with Gasteiger partial charge in [0, 0.05) is 19.8 Å². The Morgan fingerprint density at radius 3 is 3.00 bits per heavy atom. The Morgan fingerprint density at radius 1 is 1.32 bits per heavy atom. The lowest BCUT2D eigenvalue weighted by molar-refractivity contribution is 0.131. The highest BCUT2D eigenvalue weighted by atomic mass is 35.5. The molecule has 19 heavy (non-hydrogen) atoms. The predicted octanol–water partition coefficient (Wildman–Crippen LogP) is 2.62. The lowest BCUT2D eigenvalue weighted by Crippen LogP contribution is -2.08. The maximum absolute atomic E-state index is 5.84. The molecular weight excluding hydrogens is 266 g/mol. The van der Waals surface area contributed by atoms with Crippen LogP contribution >= 0.6 is 11.6 Å². The number of fused-ring (bicyclic) bond motifs is 1. The van der Waals surface area contributed by atoms with E-state index in [1.165, 1.54) is 0 Å². The zero-order chi connectivity index (χ0) is 13.5. The van der Waals surface area contributed by atoms with E-state index in [9.17, 15) is 0 Å². The van der Waals surface area contributed by atoms with Crippen molar-refractivity contribution < 1.29 is 4.74 Å². The summed E-state index contributed by atoms with van der Waals surface area (Å²) in [6.07, 6.45) is 4.77. The molecule has 0 aliphatic carbocycles. The highest BCUT2D eigenvalue weighted by Crippen LogP contribution is 2.18. The second-order valence-electron chi connectivity index (χ2n) is 4.19. The van der Waals surface area contributed by atoms with Gasteiger partial charge in [0.2, 0.25) is 5.28 Å². The van der Waals surface area contributed by atoms with Crippen LogP contribution in [0.4, 0.5) is 5.82 Å². The lowest BCUT2D eigenvalue weighted by Gasteiger charge is -2.07. The first-order valence-corrected chi connectivity index (χ1v) is 6.87. The van der Waals surface area contributed by atoms with Gasteiger partial charge in [-0.15, -0.1) is 0 Å². The van der Waals surface area contributed by atoms with E-state index in [4.69, 9.17) is 16.3 Å². The predicted molar refractivity (Wildman–Crippen MR) is 75.5 cm³/mol. The van der Waals surface area contributed by atoms with Gasteiger partial charge in [-0.1, -0.05) is 13.3 Å². The van der Waals surface area contributed by atoms with Crippen LogP contribution in [0.3, 0.4) is 0 Å². The average molecular weight is 284 g/mol. The molecule has 7 heteroatoms. The van der Waals surface area contributed by atoms with Gasteiger partial charge in [-0.3, -0.25) is 0 Å². The molecule has 0 bridgehead atoms. The summed E-state index contributed by atoms with van der Waals surface area (Å²) in [5, 5.41) is 3.41. The molecule has 0 atom stereocenters. The molecule has 0 aromatic carbocycles. The van der Waals surface area contributed by atoms with E-state index in [1.54, 1.807) is 6.33 Å². The van der Waals surface area contributed by atoms with Gasteiger partial charge >= 0.3 is 0 Å². The van der Waals surface area contributed by atoms with E-state index in [-0.39, 0.29) is 5.28 Å². The van der Waals surface area contributed by atoms with Gasteiger partial charge in [0.25, 0.3) is 0 Å². The summed E-state index contributed by atoms with van der Waals surface area (Å²) in [6.45, 7) is 4.51. The van der Waals surface area contributed by atoms with Crippen LogP contribution in [0, 0.1) is 0 Å². The van der Waals surface area contributed by atoms with Gasteiger partial charge in [0.1, 0.15) is 5.52 Å². The Hall–Kier alpha value is -1.40. The number of rotatable bonds is 8. The van der Waals surface area contributed by atoms with Crippen LogP contribution in [-0.2, 0) is 4.74 Å². The summed E-state index contributed by atoms with van der Waals surface area (Å²) in [7, 11) is 0. The molecule has 0 saturated heterocycles. The number of aromatic nitrogens is 4. The molecule has 0 amide bonds. The van der Waals surface area contributed by atoms with Crippen molar-refractivity contribution in [2.24, 2.45) is 0 Å². The fraction of sp³-hybridized carbons (Fsp3) is 0.583. The van der Waals surface area contributed by atoms with Gasteiger partial charge in [-0.25, -0.2) is 4.98 Å². The molecule has 2 heterocycles. The number of anilines is 1. The van der Waals surface area contributed by atoms with Crippen molar-refractivity contribution in [3.05, 3.63) is 11.6 Å². The normalized spacial score (nSPS) is 11.1. The minimum absolute atomic E-state index is 0.196. The first-order chi connectivity index (χ1) is 9.31. The first-order valence-electron chi connectivity index (χ1n) is 6.49. The van der Waals surface area contributed by atoms with Gasteiger partial charge in [-0.05, 0) is 24.4 Å². The number of ether oxygens (including phenoxy) is 1. The largest absolute Gasteiger partial charge is 0.381 e. The minimum atomic E-state index is 0.196. The summed E-state index contributed by atoms with van der Waals surface area (Å²) in [5.41, 5.74) is 1.35. The van der Waals surface area contributed by atoms with Crippen molar-refractivity contribution >= 4 is 28.6 Å². The van der Waals surface area contributed by atoms with Crippen LogP contribution in [0.25, 0.3) is 11.2 Å². The second kappa shape index (κ2) is 7.25. The van der Waals surface area contributed by atoms with Crippen LogP contribution in [0.2, 0.25) is 5.28 Å². The number of aromatic amines is 1. The Labute approximate surface area is 117 Å². The molecular formula is C12H18ClN5O. The molecule has 0 spiro atoms. The molecule has 6 nitrogen and oxygen atoms in total. The van der Waals surface area contributed by atoms with E-state index < -0.39 is 0 Å². The van der Waals surface area contributed by atoms with Crippen LogP contribution in [0.1, 0.15) is 26.2 Å². The molecule has 0 saturated carbocycles. The van der Waals surface area contributed by atoms with Crippen LogP contribution < -0.4 is 5.32 Å². The zero-order valence-electron chi connectivity index (χ0n) is 10.9. The summed E-state index contributed by atoms with van der Waals surface area (Å²) in [4.78, 5) is 15.2. The summed E-state index contributed by atoms with van der Waals surface area (Å²) in [6, 6.07) is 0. The highest BCUT2D eigenvalue weighted by molar-refractivity contribution is 6.28. The summed E-state index contributed by atoms with van der Waals surface area (Å²) in [5.74, 6) is 0.682. The molecule has 104 valence electrons. The Morgan fingerprint density at radius 2 is 2.16 bits per heavy atom. The maximum Gasteiger partial charge on any atom is 0.226 e. The third-order valence-corrected chi connectivity index (χ3v) is 2.83. The fourth-order valence-corrected chi connectivity index (χ4v) is 1.83. The van der Waals surface area contributed by atoms with E-state index in [2.05, 4.69) is 32.2 Å². The second-order valence-corrected chi connectivity index (χ2v) is 4.53. The smallest absolute Gasteiger partial charge is 0.226 e. The van der Waals surface area contributed by atoms with Crippen molar-refractivity contribution in [1.82, 2.24) is 19.9 Å². The standard InChI is InChI=1S/C12H18ClN5O/c1-2-3-6-19-7-4-5-14-10-9-11(16-8-15-9)18-12(13)17-10/h8H,2-7H2,1H3,(H2,14,15,16,17,18). The molecule has 0 unspecified atom stereocenters. The fourth-order valence-electron chi connectivity index (χ4n) is 1.66. The number of halogens is 1. The number of imidazole rings is 1. The van der Waals surface area contributed by atoms with Gasteiger partial charge < -0.3 is 15.0 Å². The van der Waals surface area contributed by atoms with Crippen molar-refractivity contribution in [3.8, 4) is 0 Å². The van der Waals surface area contributed by atoms with E-state index in [0.29, 0.717) is 11.5 Å². The van der Waals surface area contributed by atoms with E-state index in [1.807, 2.05) is 0 Å². The van der Waals surface area contributed by atoms with Crippen LogP contribution in [0.5, 0.6) is 0 Å². The van der Waals surface area contributed by atoms with Gasteiger partial charge in [-0.2, -0.15) is 9.97 Å². The molecule has 0 radical (unpaired) electrons. The average Bonchev–Trinajstić information content (AvgIpc) is 2.85. The van der Waals surface area contributed by atoms with E-state index in [0.717, 1.165) is 44.5 Å². The van der Waals surface area contributed by atoms with Crippen LogP contribution in [0.15, 0.2) is 6.33 Å². The number of unbranched alkanes of at least 4 members (excludes halogenated alkanes) is 1. The zero-order valence-corrected chi connectivity index (χ0v) is 11.7. The van der Waals surface area contributed by atoms with E-state index >= 15 is 0 Å². The number of H-pyrrole nitrogens is 1. The lowest BCUT2D eigenvalue weighted by atomic mass is 10.3. The molecule has 2 rings (SSSR count). The maximum atomic E-state index is 5.84. The number of nitrogens with one attached hydrogen (secondary N) is 2. The highest BCUT2D eigenvalue weighted by Gasteiger charge is 2.07. The molecule has 0 aliphatic heterocycles. The first kappa shape index (κ1) is 14.0. The molecule has 2 aromatic heterocycles. The number of hydrogen-bond acceptors (Lipinski definition) is 5. The monoisotopic (exact) mass is 283 g/mol. The third kappa shape index (κ3) is 4.04. The van der Waals surface area contributed by atoms with Crippen molar-refractivity contribution in [1.29, 1.82) is 0 Å².